The van der Waals surface area contributed by atoms with Crippen LogP contribution in [0.5, 0.6) is 0 Å². The number of fused-ring (bicyclic) bond motifs is 10. The van der Waals surface area contributed by atoms with E-state index in [2.05, 4.69) is 0 Å². The Balaban J connectivity index is 1.64. The van der Waals surface area contributed by atoms with Crippen molar-refractivity contribution >= 4 is 46.4 Å². The number of Topliss-reactive ketones (excluding diaryl/α,β-unsaturated/α-hetero) is 2. The van der Waals surface area contributed by atoms with E-state index in [9.17, 15) is 9.59 Å². The molecule has 10 saturated heterocycles. The van der Waals surface area contributed by atoms with Crippen LogP contribution in [-0.2, 0) is 16.1 Å². The molecule has 0 aromatic heterocycles. The van der Waals surface area contributed by atoms with Crippen LogP contribution >= 0.6 is 34.8 Å². The van der Waals surface area contributed by atoms with Crippen molar-refractivity contribution in [2.45, 2.75) is 64.3 Å². The Morgan fingerprint density at radius 1 is 0.905 bits per heavy atom. The molecule has 2 nitrogen and oxygen atoms in total. The van der Waals surface area contributed by atoms with Crippen LogP contribution in [0.2, 0.25) is 46.7 Å². The molecule has 6 heteroatoms. The van der Waals surface area contributed by atoms with E-state index in [4.69, 9.17) is 34.8 Å². The number of carbonyl (C=O) groups is 2. The molecule has 10 rings (SSSR count). The standard InChI is InChI=1S/C8H6Cl3O.C7H7O.Fe/c1-5(12)6-2-3-7(4-6)8(9,10)11;1-6(8)7-4-2-3-5-7;/h2-4H,1H3;2-5H,1H3;. The van der Waals surface area contributed by atoms with Crippen LogP contribution in [0, 0.1) is 0 Å². The first-order valence-electron chi connectivity index (χ1n) is 7.75. The molecule has 114 valence electrons. The van der Waals surface area contributed by atoms with Crippen LogP contribution in [-0.4, -0.2) is 15.4 Å². The van der Waals surface area contributed by atoms with Crippen molar-refractivity contribution in [3.8, 4) is 0 Å². The van der Waals surface area contributed by atoms with Crippen molar-refractivity contribution in [1.82, 2.24) is 0 Å². The van der Waals surface area contributed by atoms with Gasteiger partial charge in [-0.15, -0.1) is 0 Å². The summed E-state index contributed by atoms with van der Waals surface area (Å²) in [4.78, 5) is 29.9. The van der Waals surface area contributed by atoms with Gasteiger partial charge in [-0.1, -0.05) is 0 Å². The number of rotatable bonds is 2. The molecule has 0 bridgehead atoms. The van der Waals surface area contributed by atoms with E-state index < -0.39 is 10.3 Å². The second-order valence-corrected chi connectivity index (χ2v) is 36.6. The number of carbonyl (C=O) groups excluding carboxylic acids is 2. The fraction of sp³-hybridized carbons (Fsp3) is 0.867. The minimum absolute atomic E-state index is 0.0562. The Kier molecular flexibility index (Phi) is 0.406. The summed E-state index contributed by atoms with van der Waals surface area (Å²) in [5.41, 5.74) is 0. The summed E-state index contributed by atoms with van der Waals surface area (Å²) in [6.07, 6.45) is 0. The molecule has 0 radical (unpaired) electrons. The van der Waals surface area contributed by atoms with E-state index in [-0.39, 0.29) is 12.9 Å². The molecule has 0 N–H and O–H groups in total. The van der Waals surface area contributed by atoms with Gasteiger partial charge in [0.2, 0.25) is 0 Å². The van der Waals surface area contributed by atoms with E-state index in [1.807, 2.05) is 0 Å². The number of halogens is 3. The predicted molar refractivity (Wildman–Crippen MR) is 76.0 cm³/mol. The predicted octanol–water partition coefficient (Wildman–Crippen LogP) is 5.03. The van der Waals surface area contributed by atoms with Gasteiger partial charge in [-0.3, -0.25) is 0 Å². The molecule has 1 spiro atoms. The summed E-state index contributed by atoms with van der Waals surface area (Å²) in [6.45, 7) is -0.809. The molecule has 0 aromatic rings. The molecule has 21 heavy (non-hydrogen) atoms. The number of alkyl halides is 3. The summed E-state index contributed by atoms with van der Waals surface area (Å²) in [6, 6.07) is 0. The van der Waals surface area contributed by atoms with Gasteiger partial charge in [-0.2, -0.15) is 0 Å². The number of hydrogen-bond donors (Lipinski definition) is 0. The van der Waals surface area contributed by atoms with Crippen molar-refractivity contribution in [2.75, 3.05) is 0 Å². The third-order valence-corrected chi connectivity index (χ3v) is 61.3. The van der Waals surface area contributed by atoms with E-state index in [1.165, 1.54) is 0 Å². The number of ketones is 2. The van der Waals surface area contributed by atoms with Crippen molar-refractivity contribution in [1.29, 1.82) is 0 Å². The maximum atomic E-state index is 12.8. The van der Waals surface area contributed by atoms with Gasteiger partial charge in [-0.05, 0) is 0 Å². The summed E-state index contributed by atoms with van der Waals surface area (Å²) in [5.74, 6) is 0.784. The monoisotopic (exact) mass is 386 g/mol. The second kappa shape index (κ2) is 0.862. The first kappa shape index (κ1) is 9.89. The van der Waals surface area contributed by atoms with Crippen molar-refractivity contribution < 1.29 is 16.1 Å². The van der Waals surface area contributed by atoms with E-state index in [0.717, 1.165) is 9.63 Å². The zero-order chi connectivity index (χ0) is 14.5. The van der Waals surface area contributed by atoms with Gasteiger partial charge in [0, 0.05) is 0 Å². The molecule has 10 aliphatic heterocycles. The second-order valence-electron chi connectivity index (χ2n) is 11.5. The molecular weight excluding hydrogens is 374 g/mol. The van der Waals surface area contributed by atoms with Crippen LogP contribution in [0.15, 0.2) is 0 Å². The zero-order valence-electron chi connectivity index (χ0n) is 11.3. The summed E-state index contributed by atoms with van der Waals surface area (Å²) >= 11 is 19.9. The first-order chi connectivity index (χ1) is 9.45. The van der Waals surface area contributed by atoms with E-state index >= 15 is 0 Å². The first-order valence-corrected chi connectivity index (χ1v) is 15.0. The fourth-order valence-electron chi connectivity index (χ4n) is 19.6. The molecule has 10 heterocycles. The Labute approximate surface area is 126 Å². The van der Waals surface area contributed by atoms with Gasteiger partial charge >= 0.3 is 127 Å². The summed E-state index contributed by atoms with van der Waals surface area (Å²) in [5, 5.41) is 0. The van der Waals surface area contributed by atoms with Gasteiger partial charge in [-0.25, -0.2) is 0 Å². The maximum absolute atomic E-state index is 12.8. The van der Waals surface area contributed by atoms with Crippen molar-refractivity contribution in [3.63, 3.8) is 0 Å². The molecule has 9 unspecified atom stereocenters. The third kappa shape index (κ3) is 0.107. The van der Waals surface area contributed by atoms with Crippen molar-refractivity contribution in [2.24, 2.45) is 0 Å². The number of hydrogen-bond acceptors (Lipinski definition) is 2. The Bertz CT molecular complexity index is 1260. The Hall–Kier alpha value is 0.729. The molecule has 0 aliphatic carbocycles. The molecule has 10 fully saturated rings. The van der Waals surface area contributed by atoms with Crippen molar-refractivity contribution in [3.05, 3.63) is 0 Å². The average Bonchev–Trinajstić information content (AvgIpc) is 3.30. The van der Waals surface area contributed by atoms with Crippen LogP contribution < -0.4 is 0 Å². The molecular formula is C15H13Cl3FeO2. The molecule has 0 amide bonds. The van der Waals surface area contributed by atoms with Gasteiger partial charge in [0.25, 0.3) is 0 Å². The quantitative estimate of drug-likeness (QED) is 0.492. The normalized spacial score (nSPS) is 106. The van der Waals surface area contributed by atoms with Crippen LogP contribution in [0.4, 0.5) is 0 Å². The van der Waals surface area contributed by atoms with Crippen LogP contribution in [0.25, 0.3) is 0 Å². The summed E-state index contributed by atoms with van der Waals surface area (Å²) < 4.78 is -1.47. The summed E-state index contributed by atoms with van der Waals surface area (Å²) in [7, 11) is 0. The zero-order valence-corrected chi connectivity index (χ0v) is 14.7. The fourth-order valence-corrected chi connectivity index (χ4v) is 104. The third-order valence-electron chi connectivity index (χ3n) is 16.4. The van der Waals surface area contributed by atoms with Crippen LogP contribution in [0.1, 0.15) is 13.8 Å². The Morgan fingerprint density at radius 2 is 1.43 bits per heavy atom. The van der Waals surface area contributed by atoms with Gasteiger partial charge in [0.1, 0.15) is 0 Å². The SMILES string of the molecule is CC(=O)[C]12[CH]3[CH]4[CH]5[CH]1[Fe]45321678[CH]2[CH]1[C]6(C(Cl)(Cl)Cl)[CH]7[C]28C(C)=O. The molecule has 10 aliphatic rings. The minimum atomic E-state index is -4.39. The molecule has 0 aromatic carbocycles. The van der Waals surface area contributed by atoms with Crippen LogP contribution in [0.3, 0.4) is 0 Å². The van der Waals surface area contributed by atoms with Gasteiger partial charge < -0.3 is 0 Å². The van der Waals surface area contributed by atoms with Gasteiger partial charge in [0.05, 0.1) is 0 Å². The molecule has 0 saturated carbocycles. The van der Waals surface area contributed by atoms with Gasteiger partial charge in [0.15, 0.2) is 0 Å². The topological polar surface area (TPSA) is 34.1 Å². The van der Waals surface area contributed by atoms with E-state index in [1.54, 1.807) is 13.8 Å². The molecule has 9 atom stereocenters. The van der Waals surface area contributed by atoms with E-state index in [0.29, 0.717) is 35.6 Å². The average molecular weight is 387 g/mol. The Morgan fingerprint density at radius 3 is 1.67 bits per heavy atom.